The molecule has 0 aliphatic rings. The van der Waals surface area contributed by atoms with Crippen LogP contribution < -0.4 is 5.73 Å². The van der Waals surface area contributed by atoms with Crippen LogP contribution in [-0.4, -0.2) is 27.3 Å². The first-order valence-electron chi connectivity index (χ1n) is 7.22. The molecule has 3 aromatic rings. The van der Waals surface area contributed by atoms with Gasteiger partial charge in [0, 0.05) is 10.9 Å². The molecule has 4 N–H and O–H groups in total. The third-order valence-corrected chi connectivity index (χ3v) is 3.65. The third kappa shape index (κ3) is 3.37. The lowest BCUT2D eigenvalue weighted by molar-refractivity contribution is -0.119. The Labute approximate surface area is 131 Å². The van der Waals surface area contributed by atoms with Crippen LogP contribution in [0, 0.1) is 5.82 Å². The molecule has 0 saturated carbocycles. The highest BCUT2D eigenvalue weighted by atomic mass is 19.1. The van der Waals surface area contributed by atoms with Crippen molar-refractivity contribution in [3.8, 4) is 11.3 Å². The van der Waals surface area contributed by atoms with Crippen LogP contribution >= 0.6 is 0 Å². The molecule has 0 aliphatic heterocycles. The number of carbonyl (C=O) groups is 1. The number of amides is 1. The van der Waals surface area contributed by atoms with Crippen LogP contribution in [0.5, 0.6) is 0 Å². The summed E-state index contributed by atoms with van der Waals surface area (Å²) in [5, 5.41) is 17.9. The number of nitrogens with zero attached hydrogens (tertiary/aromatic N) is 1. The van der Waals surface area contributed by atoms with Gasteiger partial charge in [0.1, 0.15) is 5.82 Å². The fourth-order valence-corrected chi connectivity index (χ4v) is 2.59. The molecule has 0 fully saturated rings. The van der Waals surface area contributed by atoms with E-state index in [2.05, 4.69) is 10.2 Å². The maximum Gasteiger partial charge on any atom is 0.220 e. The number of primary amides is 1. The number of rotatable bonds is 5. The number of aliphatic hydroxyl groups is 1. The molecule has 118 valence electrons. The molecule has 0 spiro atoms. The Morgan fingerprint density at radius 2 is 2.00 bits per heavy atom. The second-order valence-electron chi connectivity index (χ2n) is 5.49. The molecule has 1 unspecified atom stereocenters. The minimum absolute atomic E-state index is 0.0752. The number of aliphatic hydroxyl groups excluding tert-OH is 1. The first kappa shape index (κ1) is 15.2. The standard InChI is InChI=1S/C17H16FN3O2/c18-12-4-2-11(3-5-12)17-14-8-10(1-6-15(14)20-21-17)7-13(22)9-16(19)23/h1-6,8,13,22H,7,9H2,(H2,19,23)(H,20,21). The molecule has 0 aliphatic carbocycles. The normalized spacial score (nSPS) is 12.4. The number of aromatic nitrogens is 2. The second kappa shape index (κ2) is 6.18. The fourth-order valence-electron chi connectivity index (χ4n) is 2.59. The molecule has 1 heterocycles. The van der Waals surface area contributed by atoms with Gasteiger partial charge in [-0.25, -0.2) is 4.39 Å². The summed E-state index contributed by atoms with van der Waals surface area (Å²) >= 11 is 0. The number of benzene rings is 2. The van der Waals surface area contributed by atoms with Crippen molar-refractivity contribution >= 4 is 16.8 Å². The van der Waals surface area contributed by atoms with Gasteiger partial charge in [0.25, 0.3) is 0 Å². The van der Waals surface area contributed by atoms with E-state index in [0.717, 1.165) is 22.0 Å². The summed E-state index contributed by atoms with van der Waals surface area (Å²) in [4.78, 5) is 10.9. The Bertz CT molecular complexity index is 843. The van der Waals surface area contributed by atoms with E-state index in [9.17, 15) is 14.3 Å². The van der Waals surface area contributed by atoms with Crippen molar-refractivity contribution in [2.45, 2.75) is 18.9 Å². The lowest BCUT2D eigenvalue weighted by Gasteiger charge is -2.08. The first-order valence-corrected chi connectivity index (χ1v) is 7.22. The smallest absolute Gasteiger partial charge is 0.220 e. The molecule has 0 saturated heterocycles. The molecule has 5 nitrogen and oxygen atoms in total. The zero-order valence-corrected chi connectivity index (χ0v) is 12.3. The van der Waals surface area contributed by atoms with Gasteiger partial charge in [-0.15, -0.1) is 0 Å². The van der Waals surface area contributed by atoms with E-state index in [4.69, 9.17) is 5.73 Å². The summed E-state index contributed by atoms with van der Waals surface area (Å²) in [7, 11) is 0. The molecule has 1 atom stereocenters. The molecule has 1 aromatic heterocycles. The van der Waals surface area contributed by atoms with Gasteiger partial charge in [-0.1, -0.05) is 6.07 Å². The van der Waals surface area contributed by atoms with E-state index in [1.807, 2.05) is 18.2 Å². The van der Waals surface area contributed by atoms with Gasteiger partial charge in [0.2, 0.25) is 5.91 Å². The van der Waals surface area contributed by atoms with Crippen molar-refractivity contribution in [2.24, 2.45) is 5.73 Å². The number of halogens is 1. The Morgan fingerprint density at radius 3 is 2.70 bits per heavy atom. The lowest BCUT2D eigenvalue weighted by Crippen LogP contribution is -2.21. The Morgan fingerprint density at radius 1 is 1.26 bits per heavy atom. The van der Waals surface area contributed by atoms with E-state index in [-0.39, 0.29) is 12.2 Å². The molecule has 1 amide bonds. The van der Waals surface area contributed by atoms with Crippen LogP contribution in [-0.2, 0) is 11.2 Å². The van der Waals surface area contributed by atoms with Crippen molar-refractivity contribution < 1.29 is 14.3 Å². The van der Waals surface area contributed by atoms with Crippen molar-refractivity contribution in [3.63, 3.8) is 0 Å². The number of aromatic amines is 1. The minimum Gasteiger partial charge on any atom is -0.392 e. The second-order valence-corrected chi connectivity index (χ2v) is 5.49. The summed E-state index contributed by atoms with van der Waals surface area (Å²) in [5.74, 6) is -0.835. The fraction of sp³-hybridized carbons (Fsp3) is 0.176. The molecule has 2 aromatic carbocycles. The average Bonchev–Trinajstić information content (AvgIpc) is 2.90. The maximum atomic E-state index is 13.1. The highest BCUT2D eigenvalue weighted by molar-refractivity contribution is 5.93. The highest BCUT2D eigenvalue weighted by Gasteiger charge is 2.12. The number of hydrogen-bond acceptors (Lipinski definition) is 3. The van der Waals surface area contributed by atoms with Crippen molar-refractivity contribution in [2.75, 3.05) is 0 Å². The van der Waals surface area contributed by atoms with Gasteiger partial charge in [-0.2, -0.15) is 5.10 Å². The number of H-pyrrole nitrogens is 1. The minimum atomic E-state index is -0.814. The summed E-state index contributed by atoms with van der Waals surface area (Å²) in [6.45, 7) is 0. The molecule has 0 radical (unpaired) electrons. The highest BCUT2D eigenvalue weighted by Crippen LogP contribution is 2.27. The monoisotopic (exact) mass is 313 g/mol. The van der Waals surface area contributed by atoms with E-state index in [1.165, 1.54) is 12.1 Å². The summed E-state index contributed by atoms with van der Waals surface area (Å²) in [6.07, 6.45) is -0.563. The number of carbonyl (C=O) groups excluding carboxylic acids is 1. The lowest BCUT2D eigenvalue weighted by atomic mass is 10.0. The predicted octanol–water partition coefficient (Wildman–Crippen LogP) is 2.15. The van der Waals surface area contributed by atoms with Gasteiger partial charge in [-0.3, -0.25) is 9.89 Å². The molecular formula is C17H16FN3O2. The third-order valence-electron chi connectivity index (χ3n) is 3.65. The largest absolute Gasteiger partial charge is 0.392 e. The Kier molecular flexibility index (Phi) is 4.08. The van der Waals surface area contributed by atoms with Gasteiger partial charge in [0.05, 0.1) is 23.7 Å². The topological polar surface area (TPSA) is 92.0 Å². The number of nitrogens with two attached hydrogens (primary N) is 1. The van der Waals surface area contributed by atoms with Crippen LogP contribution in [0.25, 0.3) is 22.2 Å². The first-order chi connectivity index (χ1) is 11.0. The maximum absolute atomic E-state index is 13.1. The van der Waals surface area contributed by atoms with Crippen LogP contribution in [0.2, 0.25) is 0 Å². The zero-order chi connectivity index (χ0) is 16.4. The number of fused-ring (bicyclic) bond motifs is 1. The number of nitrogens with one attached hydrogen (secondary N) is 1. The van der Waals surface area contributed by atoms with Crippen molar-refractivity contribution in [1.29, 1.82) is 0 Å². The van der Waals surface area contributed by atoms with Gasteiger partial charge in [-0.05, 0) is 48.4 Å². The van der Waals surface area contributed by atoms with Gasteiger partial charge in [0.15, 0.2) is 0 Å². The molecule has 6 heteroatoms. The Hall–Kier alpha value is -2.73. The molecule has 3 rings (SSSR count). The average molecular weight is 313 g/mol. The Balaban J connectivity index is 1.93. The summed E-state index contributed by atoms with van der Waals surface area (Å²) < 4.78 is 13.1. The van der Waals surface area contributed by atoms with E-state index in [1.54, 1.807) is 12.1 Å². The van der Waals surface area contributed by atoms with Crippen LogP contribution in [0.15, 0.2) is 42.5 Å². The predicted molar refractivity (Wildman–Crippen MR) is 85.0 cm³/mol. The molecule has 23 heavy (non-hydrogen) atoms. The van der Waals surface area contributed by atoms with Crippen LogP contribution in [0.3, 0.4) is 0 Å². The van der Waals surface area contributed by atoms with Crippen molar-refractivity contribution in [3.05, 3.63) is 53.8 Å². The van der Waals surface area contributed by atoms with E-state index in [0.29, 0.717) is 12.1 Å². The molecule has 0 bridgehead atoms. The van der Waals surface area contributed by atoms with Gasteiger partial charge < -0.3 is 10.8 Å². The van der Waals surface area contributed by atoms with Crippen LogP contribution in [0.4, 0.5) is 4.39 Å². The number of hydrogen-bond donors (Lipinski definition) is 3. The summed E-state index contributed by atoms with van der Waals surface area (Å²) in [6, 6.07) is 11.7. The van der Waals surface area contributed by atoms with E-state index >= 15 is 0 Å². The molecular weight excluding hydrogens is 297 g/mol. The van der Waals surface area contributed by atoms with Crippen molar-refractivity contribution in [1.82, 2.24) is 10.2 Å². The van der Waals surface area contributed by atoms with E-state index < -0.39 is 12.0 Å². The van der Waals surface area contributed by atoms with Crippen LogP contribution in [0.1, 0.15) is 12.0 Å². The summed E-state index contributed by atoms with van der Waals surface area (Å²) in [5.41, 5.74) is 8.32. The van der Waals surface area contributed by atoms with Gasteiger partial charge >= 0.3 is 0 Å². The quantitative estimate of drug-likeness (QED) is 0.674. The zero-order valence-electron chi connectivity index (χ0n) is 12.3. The SMILES string of the molecule is NC(=O)CC(O)Cc1ccc2[nH]nc(-c3ccc(F)cc3)c2c1.